The molecule has 1 aromatic heterocycles. The van der Waals surface area contributed by atoms with Crippen molar-refractivity contribution in [2.24, 2.45) is 5.14 Å². The minimum absolute atomic E-state index is 0.278. The summed E-state index contributed by atoms with van der Waals surface area (Å²) in [5, 5.41) is 6.43. The molecule has 1 amide bonds. The second-order valence-corrected chi connectivity index (χ2v) is 5.51. The topological polar surface area (TPSA) is 94.2 Å². The number of nitrogens with two attached hydrogens (primary N) is 1. The predicted molar refractivity (Wildman–Crippen MR) is 60.2 cm³/mol. The third-order valence-electron chi connectivity index (χ3n) is 2.20. The Morgan fingerprint density at radius 2 is 1.95 bits per heavy atom. The smallest absolute Gasteiger partial charge is 0.345 e. The van der Waals surface area contributed by atoms with Crippen LogP contribution in [-0.4, -0.2) is 38.0 Å². The number of sulfonamides is 1. The minimum atomic E-state index is -4.74. The Kier molecular flexibility index (Phi) is 4.94. The Morgan fingerprint density at radius 3 is 2.38 bits per heavy atom. The van der Waals surface area contributed by atoms with E-state index in [1.165, 1.54) is 0 Å². The fourth-order valence-corrected chi connectivity index (χ4v) is 1.96. The van der Waals surface area contributed by atoms with E-state index >= 15 is 0 Å². The van der Waals surface area contributed by atoms with E-state index in [9.17, 15) is 35.2 Å². The highest BCUT2D eigenvalue weighted by Crippen LogP contribution is 2.21. The molecule has 0 aliphatic heterocycles. The van der Waals surface area contributed by atoms with Crippen LogP contribution in [0.3, 0.4) is 0 Å². The van der Waals surface area contributed by atoms with E-state index < -0.39 is 52.2 Å². The number of halogens is 5. The molecule has 1 heterocycles. The molecule has 1 rings (SSSR count). The number of nitrogens with zero attached hydrogens (tertiary/aromatic N) is 1. The highest BCUT2D eigenvalue weighted by atomic mass is 32.2. The molecule has 1 aromatic rings. The van der Waals surface area contributed by atoms with E-state index in [0.717, 1.165) is 0 Å². The number of hydrogen-bond donors (Lipinski definition) is 2. The summed E-state index contributed by atoms with van der Waals surface area (Å²) in [6.45, 7) is -2.75. The number of hydrogen-bond acceptors (Lipinski definition) is 3. The van der Waals surface area contributed by atoms with Crippen molar-refractivity contribution in [3.63, 3.8) is 0 Å². The average Bonchev–Trinajstić information content (AvgIpc) is 2.66. The molecule has 0 spiro atoms. The van der Waals surface area contributed by atoms with Gasteiger partial charge in [-0.05, 0) is 6.07 Å². The maximum absolute atomic E-state index is 12.4. The lowest BCUT2D eigenvalue weighted by atomic mass is 10.4. The summed E-state index contributed by atoms with van der Waals surface area (Å²) in [6.07, 6.45) is -7.13. The number of nitrogens with one attached hydrogen (secondary N) is 1. The lowest BCUT2D eigenvalue weighted by molar-refractivity contribution is -0.140. The lowest BCUT2D eigenvalue weighted by Crippen LogP contribution is -2.31. The average molecular weight is 335 g/mol. The van der Waals surface area contributed by atoms with Gasteiger partial charge in [-0.1, -0.05) is 0 Å². The molecule has 3 N–H and O–H groups in total. The third-order valence-corrected chi connectivity index (χ3v) is 3.08. The van der Waals surface area contributed by atoms with Crippen LogP contribution >= 0.6 is 0 Å². The summed E-state index contributed by atoms with van der Waals surface area (Å²) in [5.74, 6) is -1.27. The van der Waals surface area contributed by atoms with E-state index in [4.69, 9.17) is 5.14 Å². The Hall–Kier alpha value is -1.69. The molecule has 0 aliphatic carbocycles. The van der Waals surface area contributed by atoms with Gasteiger partial charge in [0, 0.05) is 6.20 Å². The number of alkyl halides is 5. The molecule has 0 atom stereocenters. The van der Waals surface area contributed by atoms with Crippen LogP contribution in [0.25, 0.3) is 0 Å². The van der Waals surface area contributed by atoms with E-state index in [0.29, 0.717) is 12.3 Å². The summed E-state index contributed by atoms with van der Waals surface area (Å²) >= 11 is 0. The van der Waals surface area contributed by atoms with Crippen LogP contribution in [0.4, 0.5) is 22.0 Å². The molecule has 0 radical (unpaired) electrons. The molecular weight excluding hydrogens is 325 g/mol. The first kappa shape index (κ1) is 17.4. The standard InChI is InChI=1S/C9H10F5N3O3S/c10-7(11)2-16-8(18)6-1-5(21(15,19)20)3-17(6)4-9(12,13)14/h1,3,7H,2,4H2,(H,16,18)(H2,15,19,20). The van der Waals surface area contributed by atoms with Crippen molar-refractivity contribution in [3.05, 3.63) is 18.0 Å². The Morgan fingerprint density at radius 1 is 1.38 bits per heavy atom. The Bertz CT molecular complexity index is 623. The minimum Gasteiger partial charge on any atom is -0.345 e. The van der Waals surface area contributed by atoms with Crippen LogP contribution in [-0.2, 0) is 16.6 Å². The van der Waals surface area contributed by atoms with Gasteiger partial charge in [-0.25, -0.2) is 22.3 Å². The molecule has 0 saturated carbocycles. The number of carbonyl (C=O) groups excluding carboxylic acids is 1. The second-order valence-electron chi connectivity index (χ2n) is 3.95. The number of primary sulfonamides is 1. The number of rotatable bonds is 5. The Labute approximate surface area is 115 Å². The summed E-state index contributed by atoms with van der Waals surface area (Å²) in [7, 11) is -4.34. The first-order chi connectivity index (χ1) is 9.40. The van der Waals surface area contributed by atoms with E-state index in [1.807, 2.05) is 0 Å². The SMILES string of the molecule is NS(=O)(=O)c1cc(C(=O)NCC(F)F)n(CC(F)(F)F)c1. The van der Waals surface area contributed by atoms with Gasteiger partial charge in [0.2, 0.25) is 10.0 Å². The van der Waals surface area contributed by atoms with Gasteiger partial charge in [-0.15, -0.1) is 0 Å². The van der Waals surface area contributed by atoms with Crippen LogP contribution in [0, 0.1) is 0 Å². The van der Waals surface area contributed by atoms with Crippen molar-refractivity contribution < 1.29 is 35.2 Å². The first-order valence-electron chi connectivity index (χ1n) is 5.26. The monoisotopic (exact) mass is 335 g/mol. The molecule has 0 aromatic carbocycles. The zero-order chi connectivity index (χ0) is 16.4. The van der Waals surface area contributed by atoms with Gasteiger partial charge < -0.3 is 9.88 Å². The summed E-state index contributed by atoms with van der Waals surface area (Å²) < 4.78 is 83.4. The fraction of sp³-hybridized carbons (Fsp3) is 0.444. The second kappa shape index (κ2) is 5.97. The van der Waals surface area contributed by atoms with Crippen molar-refractivity contribution in [3.8, 4) is 0 Å². The van der Waals surface area contributed by atoms with Gasteiger partial charge in [0.15, 0.2) is 0 Å². The van der Waals surface area contributed by atoms with Crippen LogP contribution in [0.15, 0.2) is 17.2 Å². The molecule has 120 valence electrons. The fourth-order valence-electron chi connectivity index (χ4n) is 1.41. The van der Waals surface area contributed by atoms with Gasteiger partial charge in [0.1, 0.15) is 17.1 Å². The summed E-state index contributed by atoms with van der Waals surface area (Å²) in [6, 6.07) is 0.585. The van der Waals surface area contributed by atoms with Gasteiger partial charge in [-0.3, -0.25) is 4.79 Å². The van der Waals surface area contributed by atoms with Crippen molar-refractivity contribution in [2.45, 2.75) is 24.0 Å². The third kappa shape index (κ3) is 5.30. The largest absolute Gasteiger partial charge is 0.406 e. The van der Waals surface area contributed by atoms with Gasteiger partial charge in [0.25, 0.3) is 12.3 Å². The molecule has 0 aliphatic rings. The van der Waals surface area contributed by atoms with Crippen molar-refractivity contribution in [2.75, 3.05) is 6.54 Å². The zero-order valence-electron chi connectivity index (χ0n) is 10.2. The van der Waals surface area contributed by atoms with Crippen LogP contribution in [0.1, 0.15) is 10.5 Å². The molecule has 0 unspecified atom stereocenters. The van der Waals surface area contributed by atoms with E-state index in [2.05, 4.69) is 0 Å². The van der Waals surface area contributed by atoms with Gasteiger partial charge in [-0.2, -0.15) is 13.2 Å². The number of aromatic nitrogens is 1. The predicted octanol–water partition coefficient (Wildman–Crippen LogP) is 0.693. The lowest BCUT2D eigenvalue weighted by Gasteiger charge is -2.11. The van der Waals surface area contributed by atoms with Gasteiger partial charge >= 0.3 is 6.18 Å². The van der Waals surface area contributed by atoms with Crippen molar-refractivity contribution in [1.82, 2.24) is 9.88 Å². The molecule has 6 nitrogen and oxygen atoms in total. The highest BCUT2D eigenvalue weighted by molar-refractivity contribution is 7.89. The molecule has 21 heavy (non-hydrogen) atoms. The maximum atomic E-state index is 12.4. The maximum Gasteiger partial charge on any atom is 0.406 e. The van der Waals surface area contributed by atoms with Crippen LogP contribution in [0.2, 0.25) is 0 Å². The summed E-state index contributed by atoms with van der Waals surface area (Å²) in [4.78, 5) is 10.8. The Balaban J connectivity index is 3.15. The molecule has 0 saturated heterocycles. The number of amides is 1. The van der Waals surface area contributed by atoms with Gasteiger partial charge in [0.05, 0.1) is 6.54 Å². The normalized spacial score (nSPS) is 12.7. The van der Waals surface area contributed by atoms with Crippen LogP contribution in [0.5, 0.6) is 0 Å². The molecule has 12 heteroatoms. The molecular formula is C9H10F5N3O3S. The zero-order valence-corrected chi connectivity index (χ0v) is 11.0. The first-order valence-corrected chi connectivity index (χ1v) is 6.81. The van der Waals surface area contributed by atoms with Crippen molar-refractivity contribution >= 4 is 15.9 Å². The quantitative estimate of drug-likeness (QED) is 0.775. The number of carbonyl (C=O) groups is 1. The van der Waals surface area contributed by atoms with Crippen LogP contribution < -0.4 is 10.5 Å². The molecule has 0 fully saturated rings. The van der Waals surface area contributed by atoms with E-state index in [-0.39, 0.29) is 4.57 Å². The van der Waals surface area contributed by atoms with Crippen molar-refractivity contribution in [1.29, 1.82) is 0 Å². The molecule has 0 bridgehead atoms. The van der Waals surface area contributed by atoms with E-state index in [1.54, 1.807) is 5.32 Å². The summed E-state index contributed by atoms with van der Waals surface area (Å²) in [5.41, 5.74) is -0.739. The highest BCUT2D eigenvalue weighted by Gasteiger charge is 2.31.